The quantitative estimate of drug-likeness (QED) is 0.669. The first-order valence-corrected chi connectivity index (χ1v) is 5.78. The first-order valence-electron chi connectivity index (χ1n) is 5.78. The van der Waals surface area contributed by atoms with Crippen molar-refractivity contribution in [2.24, 2.45) is 17.6 Å². The van der Waals surface area contributed by atoms with Crippen LogP contribution in [0.4, 0.5) is 0 Å². The summed E-state index contributed by atoms with van der Waals surface area (Å²) in [5.41, 5.74) is 5.16. The van der Waals surface area contributed by atoms with E-state index in [0.717, 1.165) is 13.0 Å². The van der Waals surface area contributed by atoms with Crippen LogP contribution in [0.2, 0.25) is 0 Å². The Morgan fingerprint density at radius 2 is 2.19 bits per heavy atom. The predicted molar refractivity (Wildman–Crippen MR) is 61.6 cm³/mol. The van der Waals surface area contributed by atoms with Crippen molar-refractivity contribution < 1.29 is 9.59 Å². The molecule has 1 unspecified atom stereocenters. The van der Waals surface area contributed by atoms with Crippen molar-refractivity contribution in [3.8, 4) is 0 Å². The molecule has 0 saturated carbocycles. The Bertz CT molecular complexity index is 260. The van der Waals surface area contributed by atoms with E-state index in [1.165, 1.54) is 0 Å². The normalized spacial score (nSPS) is 20.1. The number of nitrogens with one attached hydrogen (secondary N) is 1. The van der Waals surface area contributed by atoms with Crippen molar-refractivity contribution in [3.63, 3.8) is 0 Å². The van der Waals surface area contributed by atoms with Crippen molar-refractivity contribution >= 4 is 11.8 Å². The van der Waals surface area contributed by atoms with Crippen molar-refractivity contribution in [1.82, 2.24) is 10.2 Å². The first kappa shape index (κ1) is 13.0. The van der Waals surface area contributed by atoms with Gasteiger partial charge in [0.1, 0.15) is 0 Å². The van der Waals surface area contributed by atoms with Crippen LogP contribution >= 0.6 is 0 Å². The molecule has 1 aliphatic rings. The zero-order valence-electron chi connectivity index (χ0n) is 10.0. The molecule has 0 aliphatic carbocycles. The third kappa shape index (κ3) is 3.81. The highest BCUT2D eigenvalue weighted by Gasteiger charge is 2.28. The molecule has 1 aliphatic heterocycles. The first-order chi connectivity index (χ1) is 7.50. The maximum Gasteiger partial charge on any atom is 0.237 e. The van der Waals surface area contributed by atoms with Gasteiger partial charge in [-0.1, -0.05) is 13.8 Å². The monoisotopic (exact) mass is 227 g/mol. The number of primary amides is 1. The third-order valence-corrected chi connectivity index (χ3v) is 2.65. The molecule has 0 aromatic carbocycles. The van der Waals surface area contributed by atoms with E-state index in [1.807, 2.05) is 13.8 Å². The van der Waals surface area contributed by atoms with Crippen molar-refractivity contribution in [2.75, 3.05) is 26.2 Å². The van der Waals surface area contributed by atoms with Gasteiger partial charge in [0, 0.05) is 13.1 Å². The van der Waals surface area contributed by atoms with Crippen LogP contribution in [0.25, 0.3) is 0 Å². The lowest BCUT2D eigenvalue weighted by atomic mass is 10.1. The lowest BCUT2D eigenvalue weighted by molar-refractivity contribution is -0.138. The van der Waals surface area contributed by atoms with Crippen LogP contribution in [0, 0.1) is 11.8 Å². The average Bonchev–Trinajstić information content (AvgIpc) is 2.66. The van der Waals surface area contributed by atoms with Crippen LogP contribution in [0.3, 0.4) is 0 Å². The van der Waals surface area contributed by atoms with Gasteiger partial charge in [0.05, 0.1) is 12.5 Å². The standard InChI is InChI=1S/C11H21N3O2/c1-8(2)6-14(7-10(12)15)11(16)9-3-4-13-5-9/h8-9,13H,3-7H2,1-2H3,(H2,12,15). The second-order valence-electron chi connectivity index (χ2n) is 4.77. The minimum absolute atomic E-state index is 0.0121. The Morgan fingerprint density at radius 1 is 1.50 bits per heavy atom. The van der Waals surface area contributed by atoms with Gasteiger partial charge >= 0.3 is 0 Å². The SMILES string of the molecule is CC(C)CN(CC(N)=O)C(=O)C1CCNC1. The highest BCUT2D eigenvalue weighted by atomic mass is 16.2. The lowest BCUT2D eigenvalue weighted by Gasteiger charge is -2.25. The fourth-order valence-electron chi connectivity index (χ4n) is 1.98. The molecule has 1 atom stereocenters. The van der Waals surface area contributed by atoms with E-state index >= 15 is 0 Å². The summed E-state index contributed by atoms with van der Waals surface area (Å²) in [5, 5.41) is 3.15. The number of hydrogen-bond acceptors (Lipinski definition) is 3. The second kappa shape index (κ2) is 5.84. The molecular formula is C11H21N3O2. The van der Waals surface area contributed by atoms with Gasteiger partial charge in [0.25, 0.3) is 0 Å². The van der Waals surface area contributed by atoms with E-state index in [0.29, 0.717) is 19.0 Å². The highest BCUT2D eigenvalue weighted by molar-refractivity contribution is 5.85. The summed E-state index contributed by atoms with van der Waals surface area (Å²) in [6.07, 6.45) is 0.853. The van der Waals surface area contributed by atoms with E-state index in [2.05, 4.69) is 5.32 Å². The highest BCUT2D eigenvalue weighted by Crippen LogP contribution is 2.12. The van der Waals surface area contributed by atoms with Gasteiger partial charge < -0.3 is 16.0 Å². The van der Waals surface area contributed by atoms with Gasteiger partial charge in [-0.15, -0.1) is 0 Å². The molecule has 2 amide bonds. The number of nitrogens with two attached hydrogens (primary N) is 1. The van der Waals surface area contributed by atoms with Crippen LogP contribution in [0.5, 0.6) is 0 Å². The molecule has 16 heavy (non-hydrogen) atoms. The van der Waals surface area contributed by atoms with Crippen molar-refractivity contribution in [3.05, 3.63) is 0 Å². The summed E-state index contributed by atoms with van der Waals surface area (Å²) in [6.45, 7) is 6.27. The van der Waals surface area contributed by atoms with Gasteiger partial charge in [-0.05, 0) is 18.9 Å². The Kier molecular flexibility index (Phi) is 4.73. The zero-order valence-corrected chi connectivity index (χ0v) is 10.0. The molecule has 1 rings (SSSR count). The average molecular weight is 227 g/mol. The molecule has 1 fully saturated rings. The lowest BCUT2D eigenvalue weighted by Crippen LogP contribution is -2.44. The second-order valence-corrected chi connectivity index (χ2v) is 4.77. The Morgan fingerprint density at radius 3 is 2.62 bits per heavy atom. The van der Waals surface area contributed by atoms with Crippen LogP contribution in [-0.4, -0.2) is 42.9 Å². The van der Waals surface area contributed by atoms with Crippen LogP contribution in [0.15, 0.2) is 0 Å². The molecule has 1 saturated heterocycles. The summed E-state index contributed by atoms with van der Waals surface area (Å²) in [5.74, 6) is -0.0341. The largest absolute Gasteiger partial charge is 0.368 e. The van der Waals surface area contributed by atoms with E-state index < -0.39 is 5.91 Å². The van der Waals surface area contributed by atoms with Gasteiger partial charge in [-0.3, -0.25) is 9.59 Å². The molecule has 1 heterocycles. The van der Waals surface area contributed by atoms with Gasteiger partial charge in [-0.25, -0.2) is 0 Å². The maximum absolute atomic E-state index is 12.1. The Labute approximate surface area is 96.4 Å². The van der Waals surface area contributed by atoms with E-state index in [1.54, 1.807) is 4.90 Å². The van der Waals surface area contributed by atoms with Gasteiger partial charge in [-0.2, -0.15) is 0 Å². The molecule has 0 aromatic rings. The Balaban J connectivity index is 2.58. The summed E-state index contributed by atoms with van der Waals surface area (Å²) in [4.78, 5) is 24.6. The molecule has 92 valence electrons. The predicted octanol–water partition coefficient (Wildman–Crippen LogP) is -0.434. The van der Waals surface area contributed by atoms with E-state index in [-0.39, 0.29) is 18.4 Å². The van der Waals surface area contributed by atoms with Crippen LogP contribution in [-0.2, 0) is 9.59 Å². The van der Waals surface area contributed by atoms with Crippen LogP contribution < -0.4 is 11.1 Å². The fourth-order valence-corrected chi connectivity index (χ4v) is 1.98. The molecule has 0 bridgehead atoms. The number of amides is 2. The molecule has 5 nitrogen and oxygen atoms in total. The summed E-state index contributed by atoms with van der Waals surface area (Å²) in [7, 11) is 0. The number of carbonyl (C=O) groups is 2. The zero-order chi connectivity index (χ0) is 12.1. The van der Waals surface area contributed by atoms with E-state index in [9.17, 15) is 9.59 Å². The third-order valence-electron chi connectivity index (χ3n) is 2.65. The molecule has 5 heteroatoms. The summed E-state index contributed by atoms with van der Waals surface area (Å²) in [6, 6.07) is 0. The minimum Gasteiger partial charge on any atom is -0.368 e. The molecule has 0 aromatic heterocycles. The number of carbonyl (C=O) groups excluding carboxylic acids is 2. The summed E-state index contributed by atoms with van der Waals surface area (Å²) >= 11 is 0. The molecule has 0 radical (unpaired) electrons. The van der Waals surface area contributed by atoms with Gasteiger partial charge in [0.2, 0.25) is 11.8 Å². The topological polar surface area (TPSA) is 75.4 Å². The molecular weight excluding hydrogens is 206 g/mol. The number of nitrogens with zero attached hydrogens (tertiary/aromatic N) is 1. The Hall–Kier alpha value is -1.10. The molecule has 3 N–H and O–H groups in total. The fraction of sp³-hybridized carbons (Fsp3) is 0.818. The molecule has 0 spiro atoms. The smallest absolute Gasteiger partial charge is 0.237 e. The van der Waals surface area contributed by atoms with Gasteiger partial charge in [0.15, 0.2) is 0 Å². The number of hydrogen-bond donors (Lipinski definition) is 2. The van der Waals surface area contributed by atoms with E-state index in [4.69, 9.17) is 5.73 Å². The number of rotatable bonds is 5. The minimum atomic E-state index is -0.444. The van der Waals surface area contributed by atoms with Crippen molar-refractivity contribution in [2.45, 2.75) is 20.3 Å². The maximum atomic E-state index is 12.1. The summed E-state index contributed by atoms with van der Waals surface area (Å²) < 4.78 is 0. The van der Waals surface area contributed by atoms with Crippen molar-refractivity contribution in [1.29, 1.82) is 0 Å². The van der Waals surface area contributed by atoms with Crippen LogP contribution in [0.1, 0.15) is 20.3 Å².